The maximum atomic E-state index is 5.51. The fourth-order valence-electron chi connectivity index (χ4n) is 1.07. The summed E-state index contributed by atoms with van der Waals surface area (Å²) in [6, 6.07) is 1.63. The van der Waals surface area contributed by atoms with E-state index in [1.165, 1.54) is 0 Å². The van der Waals surface area contributed by atoms with Crippen molar-refractivity contribution in [1.29, 1.82) is 0 Å². The molecule has 0 radical (unpaired) electrons. The van der Waals surface area contributed by atoms with Gasteiger partial charge >= 0.3 is 0 Å². The van der Waals surface area contributed by atoms with Gasteiger partial charge in [-0.15, -0.1) is 0 Å². The summed E-state index contributed by atoms with van der Waals surface area (Å²) in [5.41, 5.74) is 7.91. The Kier molecular flexibility index (Phi) is 2.52. The highest BCUT2D eigenvalue weighted by molar-refractivity contribution is 9.10. The third-order valence-electron chi connectivity index (χ3n) is 1.66. The molecule has 78 valence electrons. The van der Waals surface area contributed by atoms with E-state index < -0.39 is 0 Å². The number of rotatable bonds is 2. The van der Waals surface area contributed by atoms with Crippen molar-refractivity contribution in [3.8, 4) is 5.82 Å². The molecule has 0 saturated carbocycles. The van der Waals surface area contributed by atoms with E-state index in [-0.39, 0.29) is 5.95 Å². The van der Waals surface area contributed by atoms with Gasteiger partial charge in [0.05, 0.1) is 10.7 Å². The first-order valence-electron chi connectivity index (χ1n) is 4.01. The third kappa shape index (κ3) is 2.05. The van der Waals surface area contributed by atoms with Gasteiger partial charge in [-0.1, -0.05) is 0 Å². The molecule has 0 atom stereocenters. The van der Waals surface area contributed by atoms with Crippen molar-refractivity contribution in [2.24, 2.45) is 5.84 Å². The zero-order valence-electron chi connectivity index (χ0n) is 7.55. The number of hydrogen-bond donors (Lipinski definition) is 3. The molecule has 8 heteroatoms. The number of nitrogen functional groups attached to an aromatic ring is 2. The minimum Gasteiger partial charge on any atom is -0.368 e. The quantitative estimate of drug-likeness (QED) is 0.534. The second kappa shape index (κ2) is 3.83. The van der Waals surface area contributed by atoms with Gasteiger partial charge in [-0.2, -0.15) is 15.1 Å². The first-order chi connectivity index (χ1) is 7.19. The molecule has 0 saturated heterocycles. The lowest BCUT2D eigenvalue weighted by atomic mass is 10.5. The van der Waals surface area contributed by atoms with E-state index in [1.807, 2.05) is 0 Å². The molecule has 0 amide bonds. The summed E-state index contributed by atoms with van der Waals surface area (Å²) in [5.74, 6) is 6.34. The fourth-order valence-corrected chi connectivity index (χ4v) is 1.36. The Morgan fingerprint density at radius 2 is 2.20 bits per heavy atom. The highest BCUT2D eigenvalue weighted by Gasteiger charge is 2.04. The van der Waals surface area contributed by atoms with Crippen molar-refractivity contribution in [1.82, 2.24) is 19.7 Å². The largest absolute Gasteiger partial charge is 0.368 e. The molecule has 7 nitrogen and oxygen atoms in total. The number of nitrogens with two attached hydrogens (primary N) is 2. The molecule has 2 aromatic heterocycles. The molecule has 0 aliphatic rings. The highest BCUT2D eigenvalue weighted by Crippen LogP contribution is 2.13. The SMILES string of the molecule is NNc1cc(-n2cc(Br)cn2)nc(N)n1. The Morgan fingerprint density at radius 3 is 2.80 bits per heavy atom. The zero-order chi connectivity index (χ0) is 10.8. The minimum atomic E-state index is 0.132. The topological polar surface area (TPSA) is 108 Å². The van der Waals surface area contributed by atoms with Gasteiger partial charge in [0.1, 0.15) is 5.82 Å². The van der Waals surface area contributed by atoms with Crippen LogP contribution in [0.4, 0.5) is 11.8 Å². The lowest BCUT2D eigenvalue weighted by molar-refractivity contribution is 0.842. The number of anilines is 2. The van der Waals surface area contributed by atoms with Gasteiger partial charge < -0.3 is 11.2 Å². The second-order valence-electron chi connectivity index (χ2n) is 2.72. The summed E-state index contributed by atoms with van der Waals surface area (Å²) >= 11 is 3.29. The van der Waals surface area contributed by atoms with E-state index in [0.29, 0.717) is 11.6 Å². The zero-order valence-corrected chi connectivity index (χ0v) is 9.14. The van der Waals surface area contributed by atoms with Gasteiger partial charge in [-0.3, -0.25) is 0 Å². The average molecular weight is 270 g/mol. The lowest BCUT2D eigenvalue weighted by Gasteiger charge is -2.04. The van der Waals surface area contributed by atoms with E-state index in [1.54, 1.807) is 23.1 Å². The molecule has 0 bridgehead atoms. The Morgan fingerprint density at radius 1 is 1.40 bits per heavy atom. The van der Waals surface area contributed by atoms with Gasteiger partial charge in [-0.05, 0) is 15.9 Å². The summed E-state index contributed by atoms with van der Waals surface area (Å²) in [7, 11) is 0. The molecule has 15 heavy (non-hydrogen) atoms. The third-order valence-corrected chi connectivity index (χ3v) is 2.07. The number of hydrogen-bond acceptors (Lipinski definition) is 6. The summed E-state index contributed by atoms with van der Waals surface area (Å²) in [5, 5.41) is 4.06. The van der Waals surface area contributed by atoms with Gasteiger partial charge in [0.2, 0.25) is 5.95 Å². The van der Waals surface area contributed by atoms with E-state index in [4.69, 9.17) is 11.6 Å². The van der Waals surface area contributed by atoms with Crippen molar-refractivity contribution in [2.45, 2.75) is 0 Å². The molecule has 0 unspecified atom stereocenters. The summed E-state index contributed by atoms with van der Waals surface area (Å²) in [6.07, 6.45) is 3.40. The standard InChI is InChI=1S/C7H8BrN7/c8-4-2-11-15(3-4)6-1-5(14-10)12-7(9)13-6/h1-3H,10H2,(H3,9,12,13,14). The van der Waals surface area contributed by atoms with Crippen LogP contribution in [-0.2, 0) is 0 Å². The van der Waals surface area contributed by atoms with Crippen molar-refractivity contribution in [3.05, 3.63) is 22.9 Å². The smallest absolute Gasteiger partial charge is 0.224 e. The molecule has 0 aliphatic heterocycles. The van der Waals surface area contributed by atoms with Gasteiger partial charge in [0.15, 0.2) is 5.82 Å². The second-order valence-corrected chi connectivity index (χ2v) is 3.63. The normalized spacial score (nSPS) is 10.3. The van der Waals surface area contributed by atoms with Crippen LogP contribution < -0.4 is 17.0 Å². The van der Waals surface area contributed by atoms with E-state index >= 15 is 0 Å². The number of nitrogens with zero attached hydrogens (tertiary/aromatic N) is 4. The molecule has 0 aromatic carbocycles. The molecule has 5 N–H and O–H groups in total. The van der Waals surface area contributed by atoms with Crippen LogP contribution in [0.2, 0.25) is 0 Å². The predicted octanol–water partition coefficient (Wildman–Crippen LogP) is 0.293. The molecule has 0 aliphatic carbocycles. The van der Waals surface area contributed by atoms with E-state index in [2.05, 4.69) is 36.4 Å². The van der Waals surface area contributed by atoms with Crippen molar-refractivity contribution < 1.29 is 0 Å². The van der Waals surface area contributed by atoms with Crippen LogP contribution in [-0.4, -0.2) is 19.7 Å². The number of halogens is 1. The summed E-state index contributed by atoms with van der Waals surface area (Å²) in [6.45, 7) is 0. The van der Waals surface area contributed by atoms with Gasteiger partial charge in [0, 0.05) is 12.3 Å². The number of aromatic nitrogens is 4. The van der Waals surface area contributed by atoms with Crippen molar-refractivity contribution in [2.75, 3.05) is 11.2 Å². The Balaban J connectivity index is 2.48. The maximum absolute atomic E-state index is 5.51. The first kappa shape index (κ1) is 9.87. The maximum Gasteiger partial charge on any atom is 0.224 e. The van der Waals surface area contributed by atoms with Crippen LogP contribution in [0.3, 0.4) is 0 Å². The van der Waals surface area contributed by atoms with E-state index in [0.717, 1.165) is 4.47 Å². The van der Waals surface area contributed by atoms with Crippen molar-refractivity contribution >= 4 is 27.7 Å². The minimum absolute atomic E-state index is 0.132. The van der Waals surface area contributed by atoms with Crippen LogP contribution in [0.1, 0.15) is 0 Å². The van der Waals surface area contributed by atoms with Crippen molar-refractivity contribution in [3.63, 3.8) is 0 Å². The number of nitrogens with one attached hydrogen (secondary N) is 1. The summed E-state index contributed by atoms with van der Waals surface area (Å²) < 4.78 is 2.41. The van der Waals surface area contributed by atoms with Crippen LogP contribution >= 0.6 is 15.9 Å². The molecule has 0 spiro atoms. The molecule has 2 aromatic rings. The Bertz CT molecular complexity index is 480. The van der Waals surface area contributed by atoms with Crippen LogP contribution in [0, 0.1) is 0 Å². The molecular formula is C7H8BrN7. The Hall–Kier alpha value is -1.67. The molecular weight excluding hydrogens is 262 g/mol. The molecule has 0 fully saturated rings. The van der Waals surface area contributed by atoms with Gasteiger partial charge in [-0.25, -0.2) is 10.5 Å². The average Bonchev–Trinajstić information content (AvgIpc) is 2.64. The monoisotopic (exact) mass is 269 g/mol. The predicted molar refractivity (Wildman–Crippen MR) is 59.1 cm³/mol. The fraction of sp³-hybridized carbons (Fsp3) is 0. The van der Waals surface area contributed by atoms with E-state index in [9.17, 15) is 0 Å². The van der Waals surface area contributed by atoms with Crippen LogP contribution in [0.25, 0.3) is 5.82 Å². The first-order valence-corrected chi connectivity index (χ1v) is 4.80. The Labute approximate surface area is 93.6 Å². The number of hydrazine groups is 1. The van der Waals surface area contributed by atoms with Crippen LogP contribution in [0.15, 0.2) is 22.9 Å². The summed E-state index contributed by atoms with van der Waals surface area (Å²) in [4.78, 5) is 7.88. The lowest BCUT2D eigenvalue weighted by Crippen LogP contribution is -2.12. The molecule has 2 rings (SSSR count). The van der Waals surface area contributed by atoms with Crippen LogP contribution in [0.5, 0.6) is 0 Å². The highest BCUT2D eigenvalue weighted by atomic mass is 79.9. The molecule has 2 heterocycles. The van der Waals surface area contributed by atoms with Gasteiger partial charge in [0.25, 0.3) is 0 Å².